The Morgan fingerprint density at radius 2 is 2.17 bits per heavy atom. The molecule has 5 nitrogen and oxygen atoms in total. The maximum atomic E-state index is 12.1. The minimum atomic E-state index is -0.445. The zero-order valence-corrected chi connectivity index (χ0v) is 11.6. The van der Waals surface area contributed by atoms with Crippen LogP contribution in [-0.4, -0.2) is 27.3 Å². The first-order chi connectivity index (χ1) is 8.36. The SMILES string of the molecule is CCCC(O)CNc1nccn(C(C)(C)C)c1=O. The van der Waals surface area contributed by atoms with Gasteiger partial charge in [0, 0.05) is 24.5 Å². The molecular weight excluding hydrogens is 230 g/mol. The normalized spacial score (nSPS) is 13.4. The average molecular weight is 253 g/mol. The summed E-state index contributed by atoms with van der Waals surface area (Å²) in [5, 5.41) is 12.5. The van der Waals surface area contributed by atoms with E-state index in [0.717, 1.165) is 6.42 Å². The number of nitrogens with zero attached hydrogens (tertiary/aromatic N) is 2. The van der Waals surface area contributed by atoms with Crippen LogP contribution in [0.3, 0.4) is 0 Å². The third-order valence-electron chi connectivity index (χ3n) is 2.69. The Balaban J connectivity index is 2.82. The van der Waals surface area contributed by atoms with Crippen molar-refractivity contribution in [3.05, 3.63) is 22.7 Å². The minimum Gasteiger partial charge on any atom is -0.391 e. The summed E-state index contributed by atoms with van der Waals surface area (Å²) >= 11 is 0. The Bertz CT molecular complexity index is 435. The Hall–Kier alpha value is -1.36. The lowest BCUT2D eigenvalue weighted by atomic mass is 10.1. The van der Waals surface area contributed by atoms with Crippen molar-refractivity contribution >= 4 is 5.82 Å². The number of aliphatic hydroxyl groups excluding tert-OH is 1. The maximum Gasteiger partial charge on any atom is 0.293 e. The number of aliphatic hydroxyl groups is 1. The van der Waals surface area contributed by atoms with Gasteiger partial charge in [-0.15, -0.1) is 0 Å². The van der Waals surface area contributed by atoms with Crippen LogP contribution >= 0.6 is 0 Å². The van der Waals surface area contributed by atoms with E-state index in [0.29, 0.717) is 18.8 Å². The van der Waals surface area contributed by atoms with Crippen molar-refractivity contribution < 1.29 is 5.11 Å². The first kappa shape index (κ1) is 14.7. The molecule has 1 atom stereocenters. The molecule has 0 amide bonds. The van der Waals surface area contributed by atoms with Gasteiger partial charge >= 0.3 is 0 Å². The third-order valence-corrected chi connectivity index (χ3v) is 2.69. The van der Waals surface area contributed by atoms with Gasteiger partial charge in [0.25, 0.3) is 5.56 Å². The topological polar surface area (TPSA) is 67.2 Å². The molecule has 0 saturated heterocycles. The molecule has 0 aliphatic heterocycles. The molecule has 1 aromatic rings. The second-order valence-corrected chi connectivity index (χ2v) is 5.45. The van der Waals surface area contributed by atoms with Crippen LogP contribution < -0.4 is 10.9 Å². The van der Waals surface area contributed by atoms with Gasteiger partial charge in [0.1, 0.15) is 0 Å². The van der Waals surface area contributed by atoms with Crippen LogP contribution in [0.5, 0.6) is 0 Å². The molecule has 0 bridgehead atoms. The molecule has 0 aromatic carbocycles. The van der Waals surface area contributed by atoms with Gasteiger partial charge in [-0.05, 0) is 27.2 Å². The van der Waals surface area contributed by atoms with E-state index >= 15 is 0 Å². The summed E-state index contributed by atoms with van der Waals surface area (Å²) in [6, 6.07) is 0. The second kappa shape index (κ2) is 6.00. The number of anilines is 1. The lowest BCUT2D eigenvalue weighted by Gasteiger charge is -2.22. The molecule has 1 heterocycles. The first-order valence-corrected chi connectivity index (χ1v) is 6.36. The summed E-state index contributed by atoms with van der Waals surface area (Å²) in [5.74, 6) is 0.294. The van der Waals surface area contributed by atoms with Gasteiger partial charge in [0.05, 0.1) is 6.10 Å². The fourth-order valence-corrected chi connectivity index (χ4v) is 1.71. The highest BCUT2D eigenvalue weighted by molar-refractivity contribution is 5.31. The van der Waals surface area contributed by atoms with Crippen LogP contribution in [0.15, 0.2) is 17.2 Å². The Morgan fingerprint density at radius 1 is 1.50 bits per heavy atom. The molecule has 5 heteroatoms. The van der Waals surface area contributed by atoms with E-state index in [1.807, 2.05) is 27.7 Å². The summed E-state index contributed by atoms with van der Waals surface area (Å²) in [4.78, 5) is 16.2. The predicted molar refractivity (Wildman–Crippen MR) is 72.9 cm³/mol. The molecule has 1 unspecified atom stereocenters. The van der Waals surface area contributed by atoms with Crippen molar-refractivity contribution in [2.24, 2.45) is 0 Å². The Labute approximate surface area is 108 Å². The van der Waals surface area contributed by atoms with Crippen LogP contribution in [-0.2, 0) is 5.54 Å². The predicted octanol–water partition coefficient (Wildman–Crippen LogP) is 1.57. The smallest absolute Gasteiger partial charge is 0.293 e. The minimum absolute atomic E-state index is 0.159. The second-order valence-electron chi connectivity index (χ2n) is 5.45. The van der Waals surface area contributed by atoms with E-state index in [9.17, 15) is 9.90 Å². The highest BCUT2D eigenvalue weighted by atomic mass is 16.3. The van der Waals surface area contributed by atoms with Crippen LogP contribution in [0.4, 0.5) is 5.82 Å². The van der Waals surface area contributed by atoms with Crippen molar-refractivity contribution in [2.75, 3.05) is 11.9 Å². The molecule has 102 valence electrons. The van der Waals surface area contributed by atoms with E-state index in [1.165, 1.54) is 0 Å². The number of hydrogen-bond donors (Lipinski definition) is 2. The fourth-order valence-electron chi connectivity index (χ4n) is 1.71. The Morgan fingerprint density at radius 3 is 2.72 bits per heavy atom. The number of nitrogens with one attached hydrogen (secondary N) is 1. The molecule has 18 heavy (non-hydrogen) atoms. The summed E-state index contributed by atoms with van der Waals surface area (Å²) < 4.78 is 1.63. The van der Waals surface area contributed by atoms with Gasteiger partial charge in [-0.3, -0.25) is 4.79 Å². The highest BCUT2D eigenvalue weighted by Crippen LogP contribution is 2.10. The van der Waals surface area contributed by atoms with Gasteiger partial charge in [-0.25, -0.2) is 4.98 Å². The molecule has 2 N–H and O–H groups in total. The maximum absolute atomic E-state index is 12.1. The summed E-state index contributed by atoms with van der Waals surface area (Å²) in [7, 11) is 0. The molecule has 0 aliphatic carbocycles. The Kier molecular flexibility index (Phi) is 4.90. The van der Waals surface area contributed by atoms with E-state index in [-0.39, 0.29) is 11.1 Å². The quantitative estimate of drug-likeness (QED) is 0.836. The van der Waals surface area contributed by atoms with Crippen LogP contribution in [0, 0.1) is 0 Å². The first-order valence-electron chi connectivity index (χ1n) is 6.36. The lowest BCUT2D eigenvalue weighted by Crippen LogP contribution is -2.36. The van der Waals surface area contributed by atoms with Gasteiger partial charge in [-0.2, -0.15) is 0 Å². The van der Waals surface area contributed by atoms with E-state index in [2.05, 4.69) is 10.3 Å². The highest BCUT2D eigenvalue weighted by Gasteiger charge is 2.16. The van der Waals surface area contributed by atoms with Crippen molar-refractivity contribution in [2.45, 2.75) is 52.2 Å². The molecule has 0 spiro atoms. The van der Waals surface area contributed by atoms with Gasteiger partial charge < -0.3 is 15.0 Å². The van der Waals surface area contributed by atoms with Crippen molar-refractivity contribution in [3.8, 4) is 0 Å². The standard InChI is InChI=1S/C13H23N3O2/c1-5-6-10(17)9-15-11-12(18)16(8-7-14-11)13(2,3)4/h7-8,10,17H,5-6,9H2,1-4H3,(H,14,15). The zero-order valence-electron chi connectivity index (χ0n) is 11.6. The molecule has 1 aromatic heterocycles. The largest absolute Gasteiger partial charge is 0.391 e. The third kappa shape index (κ3) is 3.84. The zero-order chi connectivity index (χ0) is 13.8. The van der Waals surface area contributed by atoms with Gasteiger partial charge in [0.2, 0.25) is 0 Å². The molecule has 0 aliphatic rings. The fraction of sp³-hybridized carbons (Fsp3) is 0.692. The van der Waals surface area contributed by atoms with Crippen molar-refractivity contribution in [3.63, 3.8) is 0 Å². The summed E-state index contributed by atoms with van der Waals surface area (Å²) in [6.07, 6.45) is 4.46. The molecular formula is C13H23N3O2. The number of aromatic nitrogens is 2. The molecule has 0 saturated carbocycles. The summed E-state index contributed by atoms with van der Waals surface area (Å²) in [5.41, 5.74) is -0.438. The van der Waals surface area contributed by atoms with E-state index < -0.39 is 6.10 Å². The monoisotopic (exact) mass is 253 g/mol. The number of rotatable bonds is 5. The van der Waals surface area contributed by atoms with Crippen LogP contribution in [0.2, 0.25) is 0 Å². The van der Waals surface area contributed by atoms with E-state index in [1.54, 1.807) is 17.0 Å². The van der Waals surface area contributed by atoms with Gasteiger partial charge in [-0.1, -0.05) is 13.3 Å². The molecule has 0 fully saturated rings. The van der Waals surface area contributed by atoms with Crippen molar-refractivity contribution in [1.82, 2.24) is 9.55 Å². The van der Waals surface area contributed by atoms with E-state index in [4.69, 9.17) is 0 Å². The summed E-state index contributed by atoms with van der Waals surface area (Å²) in [6.45, 7) is 8.25. The number of hydrogen-bond acceptors (Lipinski definition) is 4. The van der Waals surface area contributed by atoms with Crippen LogP contribution in [0.25, 0.3) is 0 Å². The molecule has 0 radical (unpaired) electrons. The lowest BCUT2D eigenvalue weighted by molar-refractivity contribution is 0.176. The van der Waals surface area contributed by atoms with Gasteiger partial charge in [0.15, 0.2) is 5.82 Å². The molecule has 1 rings (SSSR count). The van der Waals surface area contributed by atoms with Crippen LogP contribution in [0.1, 0.15) is 40.5 Å². The average Bonchev–Trinajstić information content (AvgIpc) is 2.26. The van der Waals surface area contributed by atoms with Crippen molar-refractivity contribution in [1.29, 1.82) is 0 Å².